The first-order chi connectivity index (χ1) is 15.9. The number of benzene rings is 2. The molecule has 2 atom stereocenters. The molecule has 7 nitrogen and oxygen atoms in total. The van der Waals surface area contributed by atoms with Crippen LogP contribution in [0, 0.1) is 0 Å². The maximum absolute atomic E-state index is 5.38. The fourth-order valence-corrected chi connectivity index (χ4v) is 3.21. The Kier molecular flexibility index (Phi) is 14.0. The fraction of sp³-hybridized carbons (Fsp3) is 0.308. The van der Waals surface area contributed by atoms with Gasteiger partial charge in [0.15, 0.2) is 0 Å². The molecule has 2 aromatic rings. The van der Waals surface area contributed by atoms with Gasteiger partial charge in [0.2, 0.25) is 0 Å². The summed E-state index contributed by atoms with van der Waals surface area (Å²) in [6, 6.07) is 21.0. The number of nitrogens with one attached hydrogen (secondary N) is 1. The topological polar surface area (TPSA) is 123 Å². The monoisotopic (exact) mass is 451 g/mol. The van der Waals surface area contributed by atoms with Gasteiger partial charge in [-0.1, -0.05) is 79.9 Å². The van der Waals surface area contributed by atoms with Crippen molar-refractivity contribution in [1.82, 2.24) is 15.2 Å². The van der Waals surface area contributed by atoms with E-state index in [2.05, 4.69) is 54.7 Å². The van der Waals surface area contributed by atoms with Gasteiger partial charge in [-0.05, 0) is 37.6 Å². The predicted octanol–water partition coefficient (Wildman–Crippen LogP) is 2.59. The van der Waals surface area contributed by atoms with Crippen molar-refractivity contribution in [2.45, 2.75) is 38.1 Å². The molecule has 1 saturated heterocycles. The fourth-order valence-electron chi connectivity index (χ4n) is 3.21. The Morgan fingerprint density at radius 1 is 1.15 bits per heavy atom. The largest absolute Gasteiger partial charge is 0.403 e. The van der Waals surface area contributed by atoms with Crippen LogP contribution in [0.25, 0.3) is 0 Å². The molecule has 1 heterocycles. The van der Waals surface area contributed by atoms with Crippen LogP contribution in [0.5, 0.6) is 0 Å². The maximum atomic E-state index is 5.38. The molecule has 33 heavy (non-hydrogen) atoms. The molecular formula is C26H41N7. The average Bonchev–Trinajstić information content (AvgIpc) is 3.30. The third-order valence-electron chi connectivity index (χ3n) is 5.21. The van der Waals surface area contributed by atoms with Crippen molar-refractivity contribution in [2.75, 3.05) is 13.6 Å². The van der Waals surface area contributed by atoms with E-state index in [1.54, 1.807) is 0 Å². The zero-order valence-electron chi connectivity index (χ0n) is 19.8. The molecule has 0 aromatic heterocycles. The van der Waals surface area contributed by atoms with Gasteiger partial charge >= 0.3 is 0 Å². The number of likely N-dealkylation sites (N-methyl/N-ethyl adjacent to an activating group) is 1. The van der Waals surface area contributed by atoms with Crippen LogP contribution in [0.4, 0.5) is 0 Å². The van der Waals surface area contributed by atoms with Gasteiger partial charge in [-0.2, -0.15) is 0 Å². The summed E-state index contributed by atoms with van der Waals surface area (Å²) in [5.74, 6) is 5.31. The minimum absolute atomic E-state index is 0.371. The van der Waals surface area contributed by atoms with E-state index in [0.717, 1.165) is 12.2 Å². The van der Waals surface area contributed by atoms with Crippen LogP contribution in [0.15, 0.2) is 98.0 Å². The van der Waals surface area contributed by atoms with E-state index in [1.807, 2.05) is 36.4 Å². The van der Waals surface area contributed by atoms with E-state index >= 15 is 0 Å². The highest BCUT2D eigenvalue weighted by Gasteiger charge is 2.22. The highest BCUT2D eigenvalue weighted by atomic mass is 15.4. The Labute approximate surface area is 199 Å². The predicted molar refractivity (Wildman–Crippen MR) is 140 cm³/mol. The first kappa shape index (κ1) is 27.9. The first-order valence-corrected chi connectivity index (χ1v) is 11.1. The van der Waals surface area contributed by atoms with Crippen molar-refractivity contribution in [3.8, 4) is 0 Å². The number of hydrogen-bond acceptors (Lipinski definition) is 7. The van der Waals surface area contributed by atoms with Crippen molar-refractivity contribution >= 4 is 0 Å². The van der Waals surface area contributed by atoms with E-state index in [1.165, 1.54) is 54.0 Å². The SMILES string of the molecule is C=C(NCc1ccccc1)C1CCCN1C.C=CC(N)N(N)/C=C\N.NCc1ccccc1. The van der Waals surface area contributed by atoms with Gasteiger partial charge < -0.3 is 22.5 Å². The Bertz CT molecular complexity index is 808. The molecule has 9 N–H and O–H groups in total. The molecule has 7 heteroatoms. The van der Waals surface area contributed by atoms with Gasteiger partial charge in [0.05, 0.1) is 0 Å². The Balaban J connectivity index is 0.000000273. The molecule has 180 valence electrons. The van der Waals surface area contributed by atoms with Gasteiger partial charge in [0.25, 0.3) is 0 Å². The molecule has 1 fully saturated rings. The van der Waals surface area contributed by atoms with Gasteiger partial charge in [-0.15, -0.1) is 0 Å². The lowest BCUT2D eigenvalue weighted by Crippen LogP contribution is -2.41. The Hall–Kier alpha value is -3.10. The molecule has 1 aliphatic heterocycles. The maximum Gasteiger partial charge on any atom is 0.110 e. The lowest BCUT2D eigenvalue weighted by Gasteiger charge is -2.22. The zero-order valence-corrected chi connectivity index (χ0v) is 19.8. The van der Waals surface area contributed by atoms with Crippen molar-refractivity contribution in [3.05, 3.63) is 109 Å². The number of rotatable bonds is 8. The second-order valence-corrected chi connectivity index (χ2v) is 7.71. The first-order valence-electron chi connectivity index (χ1n) is 11.1. The molecule has 1 aliphatic rings. The quantitative estimate of drug-likeness (QED) is 0.181. The second kappa shape index (κ2) is 16.5. The normalized spacial score (nSPS) is 16.1. The molecule has 2 unspecified atom stereocenters. The van der Waals surface area contributed by atoms with Crippen molar-refractivity contribution in [1.29, 1.82) is 0 Å². The number of likely N-dealkylation sites (tertiary alicyclic amines) is 1. The summed E-state index contributed by atoms with van der Waals surface area (Å²) < 4.78 is 0. The molecule has 0 radical (unpaired) electrons. The second-order valence-electron chi connectivity index (χ2n) is 7.71. The van der Waals surface area contributed by atoms with Crippen molar-refractivity contribution in [3.63, 3.8) is 0 Å². The van der Waals surface area contributed by atoms with E-state index < -0.39 is 0 Å². The van der Waals surface area contributed by atoms with Gasteiger partial charge in [0.1, 0.15) is 6.17 Å². The molecule has 2 aromatic carbocycles. The minimum atomic E-state index is -0.371. The summed E-state index contributed by atoms with van der Waals surface area (Å²) in [4.78, 5) is 2.38. The average molecular weight is 452 g/mol. The molecule has 0 aliphatic carbocycles. The van der Waals surface area contributed by atoms with Gasteiger partial charge in [0, 0.05) is 37.2 Å². The standard InChI is InChI=1S/C14H20N2.C7H9N.C5H12N4/c1-12(14-9-6-10-16(14)2)15-11-13-7-4-3-5-8-13;8-6-7-4-2-1-3-5-7;1-2-5(7)9(8)4-3-6/h3-5,7-8,14-15H,1,6,9-11H2,2H3;1-5H,6,8H2;2-5H,1,6-8H2/b;;4-3-. The van der Waals surface area contributed by atoms with Crippen LogP contribution < -0.4 is 28.4 Å². The van der Waals surface area contributed by atoms with Crippen molar-refractivity contribution in [2.24, 2.45) is 23.0 Å². The number of hydrazine groups is 1. The summed E-state index contributed by atoms with van der Waals surface area (Å²) in [5, 5.41) is 4.69. The summed E-state index contributed by atoms with van der Waals surface area (Å²) >= 11 is 0. The number of nitrogens with two attached hydrogens (primary N) is 4. The molecule has 0 spiro atoms. The summed E-state index contributed by atoms with van der Waals surface area (Å²) in [7, 11) is 2.17. The molecular weight excluding hydrogens is 410 g/mol. The highest BCUT2D eigenvalue weighted by Crippen LogP contribution is 2.19. The molecule has 0 saturated carbocycles. The summed E-state index contributed by atoms with van der Waals surface area (Å²) in [5.41, 5.74) is 19.4. The Morgan fingerprint density at radius 3 is 2.15 bits per heavy atom. The van der Waals surface area contributed by atoms with Crippen LogP contribution in [-0.2, 0) is 13.1 Å². The molecule has 0 amide bonds. The van der Waals surface area contributed by atoms with E-state index in [0.29, 0.717) is 12.6 Å². The van der Waals surface area contributed by atoms with E-state index in [9.17, 15) is 0 Å². The van der Waals surface area contributed by atoms with Crippen LogP contribution >= 0.6 is 0 Å². The van der Waals surface area contributed by atoms with E-state index in [-0.39, 0.29) is 6.17 Å². The minimum Gasteiger partial charge on any atom is -0.403 e. The number of hydrogen-bond donors (Lipinski definition) is 5. The van der Waals surface area contributed by atoms with Gasteiger partial charge in [-0.3, -0.25) is 9.91 Å². The highest BCUT2D eigenvalue weighted by molar-refractivity contribution is 5.16. The van der Waals surface area contributed by atoms with E-state index in [4.69, 9.17) is 23.0 Å². The summed E-state index contributed by atoms with van der Waals surface area (Å²) in [6.45, 7) is 10.3. The smallest absolute Gasteiger partial charge is 0.110 e. The van der Waals surface area contributed by atoms with Gasteiger partial charge in [-0.25, -0.2) is 5.84 Å². The lowest BCUT2D eigenvalue weighted by molar-refractivity contribution is 0.334. The number of nitrogens with zero attached hydrogens (tertiary/aromatic N) is 2. The lowest BCUT2D eigenvalue weighted by atomic mass is 10.1. The third kappa shape index (κ3) is 11.4. The zero-order chi connectivity index (χ0) is 24.5. The van der Waals surface area contributed by atoms with Crippen LogP contribution in [0.3, 0.4) is 0 Å². The molecule has 3 rings (SSSR count). The molecule has 0 bridgehead atoms. The Morgan fingerprint density at radius 2 is 1.73 bits per heavy atom. The summed E-state index contributed by atoms with van der Waals surface area (Å²) in [6.07, 6.45) is 6.44. The van der Waals surface area contributed by atoms with Crippen LogP contribution in [0.2, 0.25) is 0 Å². The third-order valence-corrected chi connectivity index (χ3v) is 5.21. The van der Waals surface area contributed by atoms with Crippen molar-refractivity contribution < 1.29 is 0 Å². The van der Waals surface area contributed by atoms with Crippen LogP contribution in [-0.4, -0.2) is 35.7 Å². The van der Waals surface area contributed by atoms with Crippen LogP contribution in [0.1, 0.15) is 24.0 Å².